The summed E-state index contributed by atoms with van der Waals surface area (Å²) in [6.45, 7) is 3.96. The van der Waals surface area contributed by atoms with Crippen molar-refractivity contribution in [2.45, 2.75) is 12.5 Å². The number of ketones is 1. The van der Waals surface area contributed by atoms with Crippen LogP contribution < -0.4 is 4.74 Å². The number of Topliss-reactive ketones (excluding diaryl/α,β-unsaturated/α-hetero) is 1. The van der Waals surface area contributed by atoms with Crippen LogP contribution in [0.1, 0.15) is 12.0 Å². The van der Waals surface area contributed by atoms with Crippen molar-refractivity contribution in [2.24, 2.45) is 0 Å². The summed E-state index contributed by atoms with van der Waals surface area (Å²) in [7, 11) is 0. The molecule has 94 valence electrons. The molecule has 0 saturated carbocycles. The molecule has 0 unspecified atom stereocenters. The van der Waals surface area contributed by atoms with E-state index in [-0.39, 0.29) is 12.2 Å². The van der Waals surface area contributed by atoms with Crippen molar-refractivity contribution in [1.82, 2.24) is 0 Å². The highest BCUT2D eigenvalue weighted by molar-refractivity contribution is 9.10. The first-order valence-electron chi connectivity index (χ1n) is 5.59. The van der Waals surface area contributed by atoms with Crippen LogP contribution in [0.3, 0.4) is 0 Å². The fourth-order valence-corrected chi connectivity index (χ4v) is 2.37. The first-order chi connectivity index (χ1) is 8.63. The Morgan fingerprint density at radius 2 is 2.33 bits per heavy atom. The Morgan fingerprint density at radius 3 is 2.94 bits per heavy atom. The zero-order valence-electron chi connectivity index (χ0n) is 9.73. The minimum atomic E-state index is -0.696. The topological polar surface area (TPSA) is 46.5 Å². The zero-order valence-corrected chi connectivity index (χ0v) is 11.3. The SMILES string of the molecule is C=CCOc1c(Br)cccc1C1=C[C@H](O)CC1=O. The number of aliphatic hydroxyl groups excluding tert-OH is 1. The minimum Gasteiger partial charge on any atom is -0.488 e. The van der Waals surface area contributed by atoms with Crippen molar-refractivity contribution in [2.75, 3.05) is 6.61 Å². The summed E-state index contributed by atoms with van der Waals surface area (Å²) in [5.74, 6) is 0.537. The van der Waals surface area contributed by atoms with Crippen LogP contribution in [0, 0.1) is 0 Å². The van der Waals surface area contributed by atoms with Crippen molar-refractivity contribution in [3.05, 3.63) is 47.0 Å². The summed E-state index contributed by atoms with van der Waals surface area (Å²) in [4.78, 5) is 11.8. The van der Waals surface area contributed by atoms with E-state index in [0.717, 1.165) is 4.47 Å². The number of aliphatic hydroxyl groups is 1. The third kappa shape index (κ3) is 2.54. The van der Waals surface area contributed by atoms with Gasteiger partial charge in [-0.15, -0.1) is 0 Å². The molecule has 4 heteroatoms. The number of halogens is 1. The van der Waals surface area contributed by atoms with Gasteiger partial charge in [-0.05, 0) is 28.1 Å². The second-order valence-electron chi connectivity index (χ2n) is 3.99. The average molecular weight is 309 g/mol. The Kier molecular flexibility index (Phi) is 3.99. The van der Waals surface area contributed by atoms with Crippen LogP contribution in [0.5, 0.6) is 5.75 Å². The highest BCUT2D eigenvalue weighted by atomic mass is 79.9. The zero-order chi connectivity index (χ0) is 13.1. The third-order valence-electron chi connectivity index (χ3n) is 2.66. The molecule has 0 aromatic heterocycles. The maximum atomic E-state index is 11.8. The quantitative estimate of drug-likeness (QED) is 0.870. The van der Waals surface area contributed by atoms with Crippen molar-refractivity contribution < 1.29 is 14.6 Å². The predicted octanol–water partition coefficient (Wildman–Crippen LogP) is 2.73. The van der Waals surface area contributed by atoms with Gasteiger partial charge in [-0.1, -0.05) is 24.8 Å². The molecule has 0 bridgehead atoms. The van der Waals surface area contributed by atoms with E-state index in [1.54, 1.807) is 12.2 Å². The van der Waals surface area contributed by atoms with Crippen molar-refractivity contribution >= 4 is 27.3 Å². The molecule has 0 spiro atoms. The Morgan fingerprint density at radius 1 is 1.56 bits per heavy atom. The highest BCUT2D eigenvalue weighted by Gasteiger charge is 2.26. The molecule has 3 nitrogen and oxygen atoms in total. The lowest BCUT2D eigenvalue weighted by molar-refractivity contribution is -0.114. The molecular weight excluding hydrogens is 296 g/mol. The fraction of sp³-hybridized carbons (Fsp3) is 0.214. The largest absolute Gasteiger partial charge is 0.488 e. The van der Waals surface area contributed by atoms with Crippen molar-refractivity contribution in [3.8, 4) is 5.75 Å². The molecule has 1 N–H and O–H groups in total. The van der Waals surface area contributed by atoms with Gasteiger partial charge in [0.15, 0.2) is 5.78 Å². The maximum Gasteiger partial charge on any atom is 0.166 e. The van der Waals surface area contributed by atoms with E-state index in [4.69, 9.17) is 4.74 Å². The lowest BCUT2D eigenvalue weighted by Gasteiger charge is -2.12. The Hall–Kier alpha value is -1.39. The molecule has 2 rings (SSSR count). The summed E-state index contributed by atoms with van der Waals surface area (Å²) < 4.78 is 6.35. The molecule has 0 radical (unpaired) electrons. The Bertz CT molecular complexity index is 520. The molecule has 1 aliphatic carbocycles. The minimum absolute atomic E-state index is 0.0657. The predicted molar refractivity (Wildman–Crippen MR) is 73.4 cm³/mol. The van der Waals surface area contributed by atoms with E-state index in [0.29, 0.717) is 23.5 Å². The molecular formula is C14H13BrO3. The molecule has 0 heterocycles. The number of allylic oxidation sites excluding steroid dienone is 1. The molecule has 1 aromatic carbocycles. The standard InChI is InChI=1S/C14H13BrO3/c1-2-6-18-14-10(4-3-5-12(14)15)11-7-9(16)8-13(11)17/h2-5,7,9,16H,1,6,8H2/t9-/m0/s1. The van der Waals surface area contributed by atoms with E-state index in [1.165, 1.54) is 0 Å². The molecule has 1 aromatic rings. The van der Waals surface area contributed by atoms with Gasteiger partial charge >= 0.3 is 0 Å². The fourth-order valence-electron chi connectivity index (χ4n) is 1.89. The van der Waals surface area contributed by atoms with Crippen LogP contribution in [-0.4, -0.2) is 23.6 Å². The summed E-state index contributed by atoms with van der Waals surface area (Å²) >= 11 is 3.40. The lowest BCUT2D eigenvalue weighted by atomic mass is 10.0. The number of para-hydroxylation sites is 1. The first-order valence-corrected chi connectivity index (χ1v) is 6.38. The molecule has 18 heavy (non-hydrogen) atoms. The van der Waals surface area contributed by atoms with Gasteiger partial charge in [0, 0.05) is 17.6 Å². The second kappa shape index (κ2) is 5.50. The van der Waals surface area contributed by atoms with E-state index in [1.807, 2.05) is 18.2 Å². The van der Waals surface area contributed by atoms with Gasteiger partial charge in [0.05, 0.1) is 10.6 Å². The molecule has 0 fully saturated rings. The van der Waals surface area contributed by atoms with Crippen LogP contribution in [0.2, 0.25) is 0 Å². The Balaban J connectivity index is 2.44. The van der Waals surface area contributed by atoms with Gasteiger partial charge in [-0.2, -0.15) is 0 Å². The maximum absolute atomic E-state index is 11.8. The van der Waals surface area contributed by atoms with Gasteiger partial charge in [-0.25, -0.2) is 0 Å². The third-order valence-corrected chi connectivity index (χ3v) is 3.28. The lowest BCUT2D eigenvalue weighted by Crippen LogP contribution is -2.03. The number of hydrogen-bond acceptors (Lipinski definition) is 3. The number of carbonyl (C=O) groups is 1. The number of hydrogen-bond donors (Lipinski definition) is 1. The van der Waals surface area contributed by atoms with E-state index in [9.17, 15) is 9.90 Å². The monoisotopic (exact) mass is 308 g/mol. The second-order valence-corrected chi connectivity index (χ2v) is 4.85. The van der Waals surface area contributed by atoms with Gasteiger partial charge < -0.3 is 9.84 Å². The molecule has 0 amide bonds. The Labute approximate surface area is 114 Å². The van der Waals surface area contributed by atoms with E-state index >= 15 is 0 Å². The molecule has 0 saturated heterocycles. The smallest absolute Gasteiger partial charge is 0.166 e. The van der Waals surface area contributed by atoms with Gasteiger partial charge in [0.2, 0.25) is 0 Å². The summed E-state index contributed by atoms with van der Waals surface area (Å²) in [6.07, 6.45) is 2.66. The van der Waals surface area contributed by atoms with Crippen LogP contribution in [-0.2, 0) is 4.79 Å². The molecule has 0 aliphatic heterocycles. The van der Waals surface area contributed by atoms with Gasteiger partial charge in [0.25, 0.3) is 0 Å². The normalized spacial score (nSPS) is 18.7. The van der Waals surface area contributed by atoms with Crippen molar-refractivity contribution in [1.29, 1.82) is 0 Å². The number of rotatable bonds is 4. The van der Waals surface area contributed by atoms with Crippen LogP contribution in [0.15, 0.2) is 41.4 Å². The number of benzene rings is 1. The summed E-state index contributed by atoms with van der Waals surface area (Å²) in [5.41, 5.74) is 1.22. The van der Waals surface area contributed by atoms with Gasteiger partial charge in [-0.3, -0.25) is 4.79 Å². The average Bonchev–Trinajstić information content (AvgIpc) is 2.66. The first kappa shape index (κ1) is 13.1. The number of ether oxygens (including phenoxy) is 1. The highest BCUT2D eigenvalue weighted by Crippen LogP contribution is 2.36. The summed E-state index contributed by atoms with van der Waals surface area (Å²) in [6, 6.07) is 5.49. The number of carbonyl (C=O) groups excluding carboxylic acids is 1. The van der Waals surface area contributed by atoms with Crippen LogP contribution in [0.25, 0.3) is 5.57 Å². The van der Waals surface area contributed by atoms with Crippen LogP contribution >= 0.6 is 15.9 Å². The van der Waals surface area contributed by atoms with Crippen LogP contribution in [0.4, 0.5) is 0 Å². The summed E-state index contributed by atoms with van der Waals surface area (Å²) in [5, 5.41) is 9.50. The van der Waals surface area contributed by atoms with E-state index < -0.39 is 6.10 Å². The van der Waals surface area contributed by atoms with Crippen molar-refractivity contribution in [3.63, 3.8) is 0 Å². The molecule has 1 aliphatic rings. The van der Waals surface area contributed by atoms with E-state index in [2.05, 4.69) is 22.5 Å². The van der Waals surface area contributed by atoms with Gasteiger partial charge in [0.1, 0.15) is 12.4 Å². The molecule has 1 atom stereocenters.